The van der Waals surface area contributed by atoms with Gasteiger partial charge in [-0.15, -0.1) is 0 Å². The van der Waals surface area contributed by atoms with E-state index in [1.54, 1.807) is 6.92 Å². The minimum Gasteiger partial charge on any atom is -0.501 e. The molecule has 1 aromatic carbocycles. The summed E-state index contributed by atoms with van der Waals surface area (Å²) in [6.07, 6.45) is 1.05. The van der Waals surface area contributed by atoms with Crippen molar-refractivity contribution in [3.8, 4) is 6.07 Å². The van der Waals surface area contributed by atoms with Crippen molar-refractivity contribution >= 4 is 23.3 Å². The van der Waals surface area contributed by atoms with E-state index in [4.69, 9.17) is 10.00 Å². The van der Waals surface area contributed by atoms with Gasteiger partial charge in [-0.2, -0.15) is 5.26 Å². The first kappa shape index (κ1) is 17.9. The predicted octanol–water partition coefficient (Wildman–Crippen LogP) is 1.28. The van der Waals surface area contributed by atoms with E-state index in [1.165, 1.54) is 33.2 Å². The zero-order chi connectivity index (χ0) is 17.6. The molecule has 23 heavy (non-hydrogen) atoms. The summed E-state index contributed by atoms with van der Waals surface area (Å²) in [6, 6.07) is 4.80. The van der Waals surface area contributed by atoms with Crippen molar-refractivity contribution in [2.45, 2.75) is 13.8 Å². The third-order valence-corrected chi connectivity index (χ3v) is 3.05. The number of aryl methyl sites for hydroxylation is 1. The number of nitrogens with zero attached hydrogens (tertiary/aromatic N) is 1. The molecule has 0 saturated heterocycles. The number of anilines is 1. The van der Waals surface area contributed by atoms with Crippen molar-refractivity contribution in [1.29, 1.82) is 5.26 Å². The van der Waals surface area contributed by atoms with Crippen LogP contribution in [0.1, 0.15) is 28.4 Å². The van der Waals surface area contributed by atoms with Gasteiger partial charge in [-0.1, -0.05) is 0 Å². The summed E-state index contributed by atoms with van der Waals surface area (Å²) in [5.41, 5.74) is 1.07. The second-order valence-electron chi connectivity index (χ2n) is 4.68. The smallest absolute Gasteiger partial charge is 0.296 e. The highest BCUT2D eigenvalue weighted by molar-refractivity contribution is 6.45. The van der Waals surface area contributed by atoms with E-state index < -0.39 is 17.6 Å². The number of benzene rings is 1. The topological polar surface area (TPSA) is 108 Å². The first-order valence-corrected chi connectivity index (χ1v) is 6.68. The van der Waals surface area contributed by atoms with Gasteiger partial charge >= 0.3 is 0 Å². The highest BCUT2D eigenvalue weighted by Gasteiger charge is 2.19. The molecule has 2 amide bonds. The van der Waals surface area contributed by atoms with Gasteiger partial charge in [-0.25, -0.2) is 0 Å². The Morgan fingerprint density at radius 3 is 2.48 bits per heavy atom. The average Bonchev–Trinajstić information content (AvgIpc) is 2.54. The molecule has 7 heteroatoms. The summed E-state index contributed by atoms with van der Waals surface area (Å²) in [5.74, 6) is -1.90. The molecule has 0 atom stereocenters. The van der Waals surface area contributed by atoms with Crippen molar-refractivity contribution < 1.29 is 19.1 Å². The normalized spacial score (nSPS) is 10.5. The first-order valence-electron chi connectivity index (χ1n) is 6.68. The van der Waals surface area contributed by atoms with Crippen LogP contribution >= 0.6 is 0 Å². The molecule has 0 spiro atoms. The van der Waals surface area contributed by atoms with Gasteiger partial charge in [-0.05, 0) is 31.5 Å². The number of carbonyl (C=O) groups is 3. The number of nitriles is 1. The Morgan fingerprint density at radius 1 is 1.30 bits per heavy atom. The van der Waals surface area contributed by atoms with Crippen LogP contribution in [0.3, 0.4) is 0 Å². The Bertz CT molecular complexity index is 730. The summed E-state index contributed by atoms with van der Waals surface area (Å²) in [4.78, 5) is 35.7. The van der Waals surface area contributed by atoms with Gasteiger partial charge < -0.3 is 15.4 Å². The van der Waals surface area contributed by atoms with E-state index in [0.29, 0.717) is 5.56 Å². The largest absolute Gasteiger partial charge is 0.501 e. The molecule has 1 rings (SSSR count). The molecular weight excluding hydrogens is 298 g/mol. The van der Waals surface area contributed by atoms with Crippen molar-refractivity contribution in [2.24, 2.45) is 0 Å². The maximum absolute atomic E-state index is 12.0. The van der Waals surface area contributed by atoms with Crippen molar-refractivity contribution in [3.63, 3.8) is 0 Å². The fourth-order valence-corrected chi connectivity index (χ4v) is 1.82. The SMILES string of the molecule is CNC(=O)c1cc(C#N)cc(C)c1NC(=O)C(=O)C=C(C)OC. The van der Waals surface area contributed by atoms with Crippen LogP contribution in [0.25, 0.3) is 0 Å². The molecule has 7 nitrogen and oxygen atoms in total. The lowest BCUT2D eigenvalue weighted by Gasteiger charge is -2.13. The number of hydrogen-bond acceptors (Lipinski definition) is 5. The number of nitrogens with one attached hydrogen (secondary N) is 2. The Hall–Kier alpha value is -3.14. The number of rotatable bonds is 5. The highest BCUT2D eigenvalue weighted by atomic mass is 16.5. The maximum atomic E-state index is 12.0. The molecular formula is C16H17N3O4. The van der Waals surface area contributed by atoms with E-state index in [1.807, 2.05) is 6.07 Å². The van der Waals surface area contributed by atoms with E-state index in [0.717, 1.165) is 6.08 Å². The molecule has 0 aliphatic carbocycles. The summed E-state index contributed by atoms with van der Waals surface area (Å²) in [6.45, 7) is 3.16. The second-order valence-corrected chi connectivity index (χ2v) is 4.68. The fourth-order valence-electron chi connectivity index (χ4n) is 1.82. The monoisotopic (exact) mass is 315 g/mol. The van der Waals surface area contributed by atoms with Gasteiger partial charge in [0, 0.05) is 13.1 Å². The summed E-state index contributed by atoms with van der Waals surface area (Å²) >= 11 is 0. The molecule has 1 aromatic rings. The van der Waals surface area contributed by atoms with Crippen LogP contribution in [0.2, 0.25) is 0 Å². The number of hydrogen-bond donors (Lipinski definition) is 2. The Labute approximate surface area is 133 Å². The Balaban J connectivity index is 3.23. The van der Waals surface area contributed by atoms with Crippen LogP contribution in [0.15, 0.2) is 24.0 Å². The first-order chi connectivity index (χ1) is 10.8. The second kappa shape index (κ2) is 7.75. The molecule has 120 valence electrons. The highest BCUT2D eigenvalue weighted by Crippen LogP contribution is 2.23. The number of allylic oxidation sites excluding steroid dienone is 1. The van der Waals surface area contributed by atoms with Crippen LogP contribution in [0.4, 0.5) is 5.69 Å². The van der Waals surface area contributed by atoms with Crippen LogP contribution in [-0.4, -0.2) is 31.8 Å². The molecule has 0 fully saturated rings. The standard InChI is InChI=1S/C16H17N3O4/c1-9-5-11(8-17)7-12(15(21)18-3)14(9)19-16(22)13(20)6-10(2)23-4/h5-7H,1-4H3,(H,18,21)(H,19,22). The third-order valence-electron chi connectivity index (χ3n) is 3.05. The molecule has 0 bridgehead atoms. The molecule has 0 aliphatic heterocycles. The maximum Gasteiger partial charge on any atom is 0.296 e. The minimum atomic E-state index is -0.903. The number of ketones is 1. The number of ether oxygens (including phenoxy) is 1. The van der Waals surface area contributed by atoms with E-state index >= 15 is 0 Å². The molecule has 0 aliphatic rings. The fraction of sp³-hybridized carbons (Fsp3) is 0.250. The summed E-state index contributed by atoms with van der Waals surface area (Å²) in [7, 11) is 2.81. The van der Waals surface area contributed by atoms with E-state index in [9.17, 15) is 14.4 Å². The minimum absolute atomic E-state index is 0.109. The quantitative estimate of drug-likeness (QED) is 0.483. The van der Waals surface area contributed by atoms with Crippen LogP contribution in [-0.2, 0) is 14.3 Å². The Kier molecular flexibility index (Phi) is 6.04. The average molecular weight is 315 g/mol. The molecule has 2 N–H and O–H groups in total. The lowest BCUT2D eigenvalue weighted by molar-refractivity contribution is -0.132. The zero-order valence-electron chi connectivity index (χ0n) is 13.3. The lowest BCUT2D eigenvalue weighted by atomic mass is 10.0. The predicted molar refractivity (Wildman–Crippen MR) is 83.7 cm³/mol. The molecule has 0 aromatic heterocycles. The third kappa shape index (κ3) is 4.41. The van der Waals surface area contributed by atoms with Gasteiger partial charge in [0.1, 0.15) is 0 Å². The van der Waals surface area contributed by atoms with Crippen LogP contribution < -0.4 is 10.6 Å². The van der Waals surface area contributed by atoms with E-state index in [-0.39, 0.29) is 22.6 Å². The van der Waals surface area contributed by atoms with E-state index in [2.05, 4.69) is 10.6 Å². The summed E-state index contributed by atoms with van der Waals surface area (Å²) in [5, 5.41) is 13.8. The molecule has 0 radical (unpaired) electrons. The van der Waals surface area contributed by atoms with Gasteiger partial charge in [0.15, 0.2) is 0 Å². The summed E-state index contributed by atoms with van der Waals surface area (Å²) < 4.78 is 4.81. The van der Waals surface area contributed by atoms with Gasteiger partial charge in [0.05, 0.1) is 35.8 Å². The molecule has 0 saturated carbocycles. The van der Waals surface area contributed by atoms with Gasteiger partial charge in [-0.3, -0.25) is 14.4 Å². The van der Waals surface area contributed by atoms with Crippen molar-refractivity contribution in [3.05, 3.63) is 40.7 Å². The van der Waals surface area contributed by atoms with Crippen molar-refractivity contribution in [2.75, 3.05) is 19.5 Å². The molecule has 0 unspecified atom stereocenters. The Morgan fingerprint density at radius 2 is 1.96 bits per heavy atom. The van der Waals surface area contributed by atoms with Crippen LogP contribution in [0.5, 0.6) is 0 Å². The number of amides is 2. The van der Waals surface area contributed by atoms with Gasteiger partial charge in [0.25, 0.3) is 11.8 Å². The molecule has 0 heterocycles. The lowest BCUT2D eigenvalue weighted by Crippen LogP contribution is -2.26. The number of methoxy groups -OCH3 is 1. The van der Waals surface area contributed by atoms with Crippen molar-refractivity contribution in [1.82, 2.24) is 5.32 Å². The van der Waals surface area contributed by atoms with Crippen LogP contribution in [0, 0.1) is 18.3 Å². The zero-order valence-corrected chi connectivity index (χ0v) is 13.3. The number of carbonyl (C=O) groups excluding carboxylic acids is 3. The van der Waals surface area contributed by atoms with Gasteiger partial charge in [0.2, 0.25) is 5.78 Å².